The third kappa shape index (κ3) is 2.73. The van der Waals surface area contributed by atoms with Gasteiger partial charge in [-0.15, -0.1) is 0 Å². The minimum Gasteiger partial charge on any atom is -0.332 e. The number of halogens is 3. The largest absolute Gasteiger partial charge is 0.332 e. The van der Waals surface area contributed by atoms with Crippen molar-refractivity contribution >= 4 is 22.6 Å². The fraction of sp³-hybridized carbons (Fsp3) is 0.462. The average Bonchev–Trinajstić information content (AvgIpc) is 2.84. The van der Waals surface area contributed by atoms with Gasteiger partial charge in [0.2, 0.25) is 0 Å². The second-order valence-corrected chi connectivity index (χ2v) is 5.45. The molecule has 0 aliphatic carbocycles. The molecule has 1 aromatic rings. The molecular formula is C13H15F3N2S. The molecule has 2 nitrogen and oxygen atoms in total. The molecular weight excluding hydrogens is 273 g/mol. The van der Waals surface area contributed by atoms with E-state index in [2.05, 4.69) is 24.2 Å². The minimum atomic E-state index is -1.47. The maximum atomic E-state index is 13.5. The highest BCUT2D eigenvalue weighted by atomic mass is 32.2. The summed E-state index contributed by atoms with van der Waals surface area (Å²) in [6.45, 7) is 4.10. The van der Waals surface area contributed by atoms with Crippen LogP contribution in [0.1, 0.15) is 26.7 Å². The van der Waals surface area contributed by atoms with Crippen LogP contribution in [-0.2, 0) is 0 Å². The topological polar surface area (TPSA) is 24.4 Å². The summed E-state index contributed by atoms with van der Waals surface area (Å²) >= 11 is 1.47. The molecule has 1 aliphatic heterocycles. The monoisotopic (exact) mass is 288 g/mol. The molecule has 0 unspecified atom stereocenters. The second kappa shape index (κ2) is 5.45. The molecule has 0 amide bonds. The maximum Gasteiger partial charge on any atom is 0.196 e. The zero-order chi connectivity index (χ0) is 14.0. The number of amidine groups is 1. The summed E-state index contributed by atoms with van der Waals surface area (Å²) in [6.07, 6.45) is 1.78. The van der Waals surface area contributed by atoms with Crippen LogP contribution in [0.2, 0.25) is 0 Å². The van der Waals surface area contributed by atoms with E-state index in [-0.39, 0.29) is 11.2 Å². The van der Waals surface area contributed by atoms with Gasteiger partial charge in [0.1, 0.15) is 0 Å². The number of nitrogens with zero attached hydrogens (tertiary/aromatic N) is 1. The average molecular weight is 288 g/mol. The van der Waals surface area contributed by atoms with Crippen molar-refractivity contribution in [1.82, 2.24) is 0 Å². The van der Waals surface area contributed by atoms with E-state index in [0.29, 0.717) is 5.17 Å². The molecule has 104 valence electrons. The molecule has 0 spiro atoms. The van der Waals surface area contributed by atoms with Crippen molar-refractivity contribution < 1.29 is 13.2 Å². The number of thioether (sulfide) groups is 1. The third-order valence-electron chi connectivity index (χ3n) is 3.41. The standard InChI is InChI=1S/C13H15F3N2S/c1-3-13(4-2)7-19-12(18-13)17-9-6-5-8(14)10(15)11(9)16/h5-6H,3-4,7H2,1-2H3,(H,17,18). The molecule has 1 heterocycles. The summed E-state index contributed by atoms with van der Waals surface area (Å²) in [5.41, 5.74) is -0.227. The van der Waals surface area contributed by atoms with Crippen LogP contribution in [0.15, 0.2) is 17.1 Å². The Kier molecular flexibility index (Phi) is 4.08. The van der Waals surface area contributed by atoms with Gasteiger partial charge in [-0.3, -0.25) is 4.99 Å². The lowest BCUT2D eigenvalue weighted by molar-refractivity contribution is 0.449. The van der Waals surface area contributed by atoms with Gasteiger partial charge in [-0.1, -0.05) is 25.6 Å². The van der Waals surface area contributed by atoms with Crippen LogP contribution in [0, 0.1) is 17.5 Å². The lowest BCUT2D eigenvalue weighted by atomic mass is 9.97. The van der Waals surface area contributed by atoms with Crippen molar-refractivity contribution in [3.8, 4) is 0 Å². The smallest absolute Gasteiger partial charge is 0.196 e. The number of anilines is 1. The molecule has 0 aromatic heterocycles. The van der Waals surface area contributed by atoms with Crippen LogP contribution >= 0.6 is 11.8 Å². The quantitative estimate of drug-likeness (QED) is 0.844. The van der Waals surface area contributed by atoms with E-state index in [4.69, 9.17) is 0 Å². The molecule has 1 aliphatic rings. The zero-order valence-corrected chi connectivity index (χ0v) is 11.6. The molecule has 1 N–H and O–H groups in total. The molecule has 0 saturated carbocycles. The number of hydrogen-bond acceptors (Lipinski definition) is 3. The Morgan fingerprint density at radius 1 is 1.21 bits per heavy atom. The van der Waals surface area contributed by atoms with Crippen LogP contribution in [0.25, 0.3) is 0 Å². The van der Waals surface area contributed by atoms with Gasteiger partial charge in [-0.05, 0) is 25.0 Å². The number of hydrogen-bond donors (Lipinski definition) is 1. The van der Waals surface area contributed by atoms with Crippen molar-refractivity contribution in [2.45, 2.75) is 32.2 Å². The van der Waals surface area contributed by atoms with Crippen LogP contribution < -0.4 is 5.32 Å². The normalized spacial score (nSPS) is 17.4. The van der Waals surface area contributed by atoms with Gasteiger partial charge in [-0.2, -0.15) is 0 Å². The molecule has 2 rings (SSSR count). The Labute approximate surface area is 114 Å². The lowest BCUT2D eigenvalue weighted by Crippen LogP contribution is -2.24. The number of benzene rings is 1. The van der Waals surface area contributed by atoms with Crippen molar-refractivity contribution in [2.75, 3.05) is 11.1 Å². The second-order valence-electron chi connectivity index (χ2n) is 4.48. The lowest BCUT2D eigenvalue weighted by Gasteiger charge is -2.20. The zero-order valence-electron chi connectivity index (χ0n) is 10.8. The third-order valence-corrected chi connectivity index (χ3v) is 4.56. The molecule has 6 heteroatoms. The van der Waals surface area contributed by atoms with Crippen molar-refractivity contribution in [2.24, 2.45) is 4.99 Å². The molecule has 0 fully saturated rings. The molecule has 1 aromatic carbocycles. The van der Waals surface area contributed by atoms with E-state index in [1.54, 1.807) is 0 Å². The summed E-state index contributed by atoms with van der Waals surface area (Å²) in [5.74, 6) is -3.06. The number of aliphatic imine (C=N–C) groups is 1. The Morgan fingerprint density at radius 2 is 1.89 bits per heavy atom. The van der Waals surface area contributed by atoms with E-state index in [1.165, 1.54) is 17.8 Å². The van der Waals surface area contributed by atoms with Crippen LogP contribution in [0.3, 0.4) is 0 Å². The number of rotatable bonds is 3. The Balaban J connectivity index is 2.22. The Hall–Kier alpha value is -1.17. The molecule has 0 atom stereocenters. The maximum absolute atomic E-state index is 13.5. The van der Waals surface area contributed by atoms with E-state index in [1.807, 2.05) is 0 Å². The summed E-state index contributed by atoms with van der Waals surface area (Å²) in [5, 5.41) is 3.28. The summed E-state index contributed by atoms with van der Waals surface area (Å²) < 4.78 is 39.5. The Bertz CT molecular complexity index is 513. The van der Waals surface area contributed by atoms with Gasteiger partial charge < -0.3 is 5.32 Å². The van der Waals surface area contributed by atoms with E-state index < -0.39 is 17.5 Å². The fourth-order valence-corrected chi connectivity index (χ4v) is 3.22. The van der Waals surface area contributed by atoms with Gasteiger partial charge >= 0.3 is 0 Å². The van der Waals surface area contributed by atoms with Gasteiger partial charge in [0.15, 0.2) is 22.6 Å². The highest BCUT2D eigenvalue weighted by Crippen LogP contribution is 2.34. The first kappa shape index (κ1) is 14.2. The number of nitrogens with one attached hydrogen (secondary N) is 1. The predicted octanol–water partition coefficient (Wildman–Crippen LogP) is 4.18. The van der Waals surface area contributed by atoms with Crippen molar-refractivity contribution in [3.63, 3.8) is 0 Å². The first-order valence-electron chi connectivity index (χ1n) is 6.14. The van der Waals surface area contributed by atoms with E-state index in [0.717, 1.165) is 24.7 Å². The molecule has 0 bridgehead atoms. The van der Waals surface area contributed by atoms with Crippen molar-refractivity contribution in [1.29, 1.82) is 0 Å². The van der Waals surface area contributed by atoms with Crippen LogP contribution in [0.4, 0.5) is 18.9 Å². The highest BCUT2D eigenvalue weighted by Gasteiger charge is 2.32. The van der Waals surface area contributed by atoms with Gasteiger partial charge in [0.05, 0.1) is 11.2 Å². The first-order valence-corrected chi connectivity index (χ1v) is 7.13. The first-order chi connectivity index (χ1) is 9.01. The predicted molar refractivity (Wildman–Crippen MR) is 73.1 cm³/mol. The van der Waals surface area contributed by atoms with E-state index in [9.17, 15) is 13.2 Å². The molecule has 0 radical (unpaired) electrons. The highest BCUT2D eigenvalue weighted by molar-refractivity contribution is 8.14. The van der Waals surface area contributed by atoms with Gasteiger partial charge in [-0.25, -0.2) is 13.2 Å². The summed E-state index contributed by atoms with van der Waals surface area (Å²) in [7, 11) is 0. The summed E-state index contributed by atoms with van der Waals surface area (Å²) in [6, 6.07) is 2.07. The Morgan fingerprint density at radius 3 is 2.47 bits per heavy atom. The molecule has 0 saturated heterocycles. The SMILES string of the molecule is CCC1(CC)CSC(Nc2ccc(F)c(F)c2F)=N1. The van der Waals surface area contributed by atoms with Crippen LogP contribution in [0.5, 0.6) is 0 Å². The van der Waals surface area contributed by atoms with Gasteiger partial charge in [0.25, 0.3) is 0 Å². The van der Waals surface area contributed by atoms with Crippen LogP contribution in [-0.4, -0.2) is 16.5 Å². The van der Waals surface area contributed by atoms with Crippen molar-refractivity contribution in [3.05, 3.63) is 29.6 Å². The van der Waals surface area contributed by atoms with E-state index >= 15 is 0 Å². The molecule has 19 heavy (non-hydrogen) atoms. The van der Waals surface area contributed by atoms with Gasteiger partial charge in [0, 0.05) is 5.75 Å². The summed E-state index contributed by atoms with van der Waals surface area (Å²) in [4.78, 5) is 4.53. The minimum absolute atomic E-state index is 0.0897. The fourth-order valence-electron chi connectivity index (χ4n) is 1.90.